The van der Waals surface area contributed by atoms with E-state index in [1.54, 1.807) is 30.6 Å². The van der Waals surface area contributed by atoms with E-state index in [0.717, 1.165) is 4.90 Å². The quantitative estimate of drug-likeness (QED) is 0.585. The summed E-state index contributed by atoms with van der Waals surface area (Å²) in [7, 11) is 0. The lowest BCUT2D eigenvalue weighted by Gasteiger charge is -2.51. The number of ether oxygens (including phenoxy) is 1. The Kier molecular flexibility index (Phi) is 8.80. The van der Waals surface area contributed by atoms with Crippen molar-refractivity contribution in [3.8, 4) is 5.75 Å². The predicted octanol–water partition coefficient (Wildman–Crippen LogP) is 4.51. The molecule has 0 bridgehead atoms. The van der Waals surface area contributed by atoms with Gasteiger partial charge in [0.15, 0.2) is 5.76 Å². The van der Waals surface area contributed by atoms with Crippen molar-refractivity contribution in [2.75, 3.05) is 6.54 Å². The third kappa shape index (κ3) is 5.98. The van der Waals surface area contributed by atoms with Crippen LogP contribution >= 0.6 is 12.4 Å². The van der Waals surface area contributed by atoms with Crippen LogP contribution in [0.15, 0.2) is 35.1 Å². The first-order chi connectivity index (χ1) is 15.8. The Morgan fingerprint density at radius 1 is 1.25 bits per heavy atom. The summed E-state index contributed by atoms with van der Waals surface area (Å²) in [5.41, 5.74) is -3.03. The maximum Gasteiger partial charge on any atom is 0.352 e. The van der Waals surface area contributed by atoms with Crippen LogP contribution in [-0.2, 0) is 11.4 Å². The number of alkyl halides is 2. The van der Waals surface area contributed by atoms with E-state index in [4.69, 9.17) is 9.26 Å². The Morgan fingerprint density at radius 2 is 1.92 bits per heavy atom. The van der Waals surface area contributed by atoms with E-state index in [-0.39, 0.29) is 43.9 Å². The van der Waals surface area contributed by atoms with Crippen LogP contribution in [0.25, 0.3) is 0 Å². The van der Waals surface area contributed by atoms with E-state index >= 15 is 8.78 Å². The number of likely N-dealkylation sites (tertiary alicyclic amines) is 1. The number of nitrogens with zero attached hydrogens (tertiary/aromatic N) is 3. The van der Waals surface area contributed by atoms with E-state index in [0.29, 0.717) is 36.5 Å². The number of carbonyl (C=O) groups excluding carboxylic acids is 1. The maximum absolute atomic E-state index is 15.7. The van der Waals surface area contributed by atoms with Crippen LogP contribution in [0.2, 0.25) is 0 Å². The van der Waals surface area contributed by atoms with Crippen molar-refractivity contribution in [3.05, 3.63) is 42.0 Å². The summed E-state index contributed by atoms with van der Waals surface area (Å²) in [5, 5.41) is 15.2. The van der Waals surface area contributed by atoms with Crippen molar-refractivity contribution in [1.29, 1.82) is 0 Å². The molecule has 0 unspecified atom stereocenters. The molecule has 1 aliphatic heterocycles. The molecule has 2 fully saturated rings. The highest BCUT2D eigenvalue weighted by Gasteiger charge is 2.65. The number of aliphatic hydroxyl groups is 1. The number of amides is 1. The molecule has 11 heteroatoms. The molecule has 1 aliphatic carbocycles. The van der Waals surface area contributed by atoms with Crippen LogP contribution < -0.4 is 4.74 Å². The lowest BCUT2D eigenvalue weighted by molar-refractivity contribution is -0.231. The fourth-order valence-electron chi connectivity index (χ4n) is 6.13. The standard InChI is InChI=1S/C25H33F2N3O4.ClH.H2O/c1-22(2)14-23(3,4)16-24(32,15-22)25(26,27)21(31)30-10-6-8-20(30)19-11-18(34-29-19)13-33-17-7-5-9-28-12-17;;/h5,7,9,11-12,20,32H,6,8,10,13-16H2,1-4H3;1H;1H2/t20-;;/m0../s1. The summed E-state index contributed by atoms with van der Waals surface area (Å²) < 4.78 is 42.4. The van der Waals surface area contributed by atoms with Crippen LogP contribution in [0.3, 0.4) is 0 Å². The van der Waals surface area contributed by atoms with Gasteiger partial charge in [-0.15, -0.1) is 12.4 Å². The molecule has 2 aromatic heterocycles. The highest BCUT2D eigenvalue weighted by molar-refractivity contribution is 5.86. The molecule has 1 amide bonds. The summed E-state index contributed by atoms with van der Waals surface area (Å²) >= 11 is 0. The number of carbonyl (C=O) groups is 1. The summed E-state index contributed by atoms with van der Waals surface area (Å²) in [4.78, 5) is 18.3. The molecule has 36 heavy (non-hydrogen) atoms. The second-order valence-electron chi connectivity index (χ2n) is 11.3. The first-order valence-corrected chi connectivity index (χ1v) is 11.7. The maximum atomic E-state index is 15.7. The molecule has 4 rings (SSSR count). The van der Waals surface area contributed by atoms with Gasteiger partial charge in [-0.05, 0) is 55.1 Å². The van der Waals surface area contributed by atoms with Gasteiger partial charge in [-0.2, -0.15) is 8.78 Å². The number of halogens is 3. The summed E-state index contributed by atoms with van der Waals surface area (Å²) in [5.74, 6) is -4.29. The lowest BCUT2D eigenvalue weighted by atomic mass is 9.58. The molecule has 202 valence electrons. The Balaban J connectivity index is 0.00000228. The normalized spacial score (nSPS) is 22.3. The van der Waals surface area contributed by atoms with Crippen LogP contribution in [-0.4, -0.2) is 49.6 Å². The minimum absolute atomic E-state index is 0. The van der Waals surface area contributed by atoms with E-state index in [2.05, 4.69) is 10.1 Å². The van der Waals surface area contributed by atoms with Gasteiger partial charge < -0.3 is 24.7 Å². The minimum Gasteiger partial charge on any atom is -0.484 e. The van der Waals surface area contributed by atoms with Crippen molar-refractivity contribution in [2.45, 2.75) is 84.0 Å². The van der Waals surface area contributed by atoms with E-state index in [1.807, 2.05) is 27.7 Å². The number of pyridine rings is 1. The monoisotopic (exact) mass is 531 g/mol. The molecule has 1 saturated carbocycles. The third-order valence-corrected chi connectivity index (χ3v) is 6.80. The van der Waals surface area contributed by atoms with Crippen molar-refractivity contribution >= 4 is 18.3 Å². The van der Waals surface area contributed by atoms with Gasteiger partial charge in [0.05, 0.1) is 12.2 Å². The van der Waals surface area contributed by atoms with Crippen molar-refractivity contribution in [2.24, 2.45) is 10.8 Å². The highest BCUT2D eigenvalue weighted by Crippen LogP contribution is 2.55. The lowest BCUT2D eigenvalue weighted by Crippen LogP contribution is -2.62. The number of aromatic nitrogens is 2. The first kappa shape index (κ1) is 29.9. The molecule has 3 N–H and O–H groups in total. The Hall–Kier alpha value is -2.30. The molecule has 0 aromatic carbocycles. The zero-order chi connectivity index (χ0) is 24.8. The molecule has 2 aliphatic rings. The van der Waals surface area contributed by atoms with Gasteiger partial charge in [0.1, 0.15) is 23.7 Å². The third-order valence-electron chi connectivity index (χ3n) is 6.80. The SMILES string of the molecule is CC1(C)CC(C)(C)CC(O)(C(F)(F)C(=O)N2CCC[C@H]2c2cc(COc3cccnc3)on2)C1.Cl.O. The topological polar surface area (TPSA) is 120 Å². The van der Waals surface area contributed by atoms with Gasteiger partial charge in [0.2, 0.25) is 0 Å². The van der Waals surface area contributed by atoms with Gasteiger partial charge >= 0.3 is 5.92 Å². The highest BCUT2D eigenvalue weighted by atomic mass is 35.5. The minimum atomic E-state index is -3.92. The van der Waals surface area contributed by atoms with Crippen LogP contribution in [0, 0.1) is 10.8 Å². The molecule has 8 nitrogen and oxygen atoms in total. The summed E-state index contributed by atoms with van der Waals surface area (Å²) in [6, 6.07) is 4.49. The van der Waals surface area contributed by atoms with Gasteiger partial charge in [-0.25, -0.2) is 0 Å². The number of rotatable bonds is 6. The molecule has 2 aromatic rings. The number of hydrogen-bond acceptors (Lipinski definition) is 6. The Labute approximate surface area is 216 Å². The van der Waals surface area contributed by atoms with Gasteiger partial charge in [-0.1, -0.05) is 32.9 Å². The second kappa shape index (κ2) is 10.6. The zero-order valence-electron chi connectivity index (χ0n) is 21.1. The fourth-order valence-corrected chi connectivity index (χ4v) is 6.13. The number of hydrogen-bond donors (Lipinski definition) is 1. The van der Waals surface area contributed by atoms with E-state index in [9.17, 15) is 9.90 Å². The van der Waals surface area contributed by atoms with E-state index < -0.39 is 34.3 Å². The molecular formula is C25H36ClF2N3O5. The van der Waals surface area contributed by atoms with E-state index in [1.165, 1.54) is 0 Å². The molecule has 0 radical (unpaired) electrons. The second-order valence-corrected chi connectivity index (χ2v) is 11.3. The van der Waals surface area contributed by atoms with Crippen LogP contribution in [0.1, 0.15) is 77.3 Å². The first-order valence-electron chi connectivity index (χ1n) is 11.7. The predicted molar refractivity (Wildman–Crippen MR) is 131 cm³/mol. The average Bonchev–Trinajstić information content (AvgIpc) is 3.39. The summed E-state index contributed by atoms with van der Waals surface area (Å²) in [6.45, 7) is 7.73. The zero-order valence-corrected chi connectivity index (χ0v) is 21.9. The van der Waals surface area contributed by atoms with Crippen LogP contribution in [0.4, 0.5) is 8.78 Å². The fraction of sp³-hybridized carbons (Fsp3) is 0.640. The van der Waals surface area contributed by atoms with Gasteiger partial charge in [0.25, 0.3) is 5.91 Å². The largest absolute Gasteiger partial charge is 0.484 e. The van der Waals surface area contributed by atoms with Crippen LogP contribution in [0.5, 0.6) is 5.75 Å². The molecule has 3 heterocycles. The Morgan fingerprint density at radius 3 is 2.53 bits per heavy atom. The molecule has 0 spiro atoms. The molecular weight excluding hydrogens is 496 g/mol. The smallest absolute Gasteiger partial charge is 0.352 e. The Bertz CT molecular complexity index is 1020. The molecule has 1 atom stereocenters. The average molecular weight is 532 g/mol. The summed E-state index contributed by atoms with van der Waals surface area (Å²) in [6.07, 6.45) is 4.67. The van der Waals surface area contributed by atoms with Crippen molar-refractivity contribution in [1.82, 2.24) is 15.0 Å². The molecule has 1 saturated heterocycles. The van der Waals surface area contributed by atoms with Crippen molar-refractivity contribution < 1.29 is 33.4 Å². The van der Waals surface area contributed by atoms with Crippen molar-refractivity contribution in [3.63, 3.8) is 0 Å². The van der Waals surface area contributed by atoms with Gasteiger partial charge in [-0.3, -0.25) is 9.78 Å². The van der Waals surface area contributed by atoms with Gasteiger partial charge in [0, 0.05) is 18.8 Å².